The van der Waals surface area contributed by atoms with Crippen LogP contribution < -0.4 is 5.73 Å². The number of aliphatic hydroxyl groups is 1. The Morgan fingerprint density at radius 3 is 2.47 bits per heavy atom. The van der Waals surface area contributed by atoms with Crippen LogP contribution >= 0.6 is 11.8 Å². The van der Waals surface area contributed by atoms with Crippen molar-refractivity contribution < 1.29 is 5.11 Å². The lowest BCUT2D eigenvalue weighted by Crippen LogP contribution is -2.16. The molecule has 1 atom stereocenters. The number of hydrogen-bond donors (Lipinski definition) is 2. The monoisotopic (exact) mass is 225 g/mol. The van der Waals surface area contributed by atoms with Gasteiger partial charge < -0.3 is 10.8 Å². The first kappa shape index (κ1) is 12.6. The van der Waals surface area contributed by atoms with Gasteiger partial charge in [0, 0.05) is 9.64 Å². The molecule has 3 N–H and O–H groups in total. The minimum Gasteiger partial charge on any atom is -0.394 e. The lowest BCUT2D eigenvalue weighted by Gasteiger charge is -2.21. The highest BCUT2D eigenvalue weighted by molar-refractivity contribution is 8.00. The Kier molecular flexibility index (Phi) is 4.20. The molecule has 1 rings (SSSR count). The SMILES string of the molecule is CC(C)(C)Sc1ccccc1[C@@H](N)CO. The summed E-state index contributed by atoms with van der Waals surface area (Å²) in [5.74, 6) is 0. The van der Waals surface area contributed by atoms with Crippen molar-refractivity contribution in [1.82, 2.24) is 0 Å². The third-order valence-electron chi connectivity index (χ3n) is 1.93. The number of benzene rings is 1. The number of hydrogen-bond acceptors (Lipinski definition) is 3. The van der Waals surface area contributed by atoms with E-state index in [0.29, 0.717) is 0 Å². The summed E-state index contributed by atoms with van der Waals surface area (Å²) in [5.41, 5.74) is 6.88. The zero-order chi connectivity index (χ0) is 11.5. The van der Waals surface area contributed by atoms with E-state index in [0.717, 1.165) is 10.5 Å². The Balaban J connectivity index is 2.96. The van der Waals surface area contributed by atoms with E-state index in [1.165, 1.54) is 0 Å². The smallest absolute Gasteiger partial charge is 0.0624 e. The molecule has 1 aromatic rings. The van der Waals surface area contributed by atoms with Crippen LogP contribution in [0.3, 0.4) is 0 Å². The van der Waals surface area contributed by atoms with Crippen LogP contribution in [0.2, 0.25) is 0 Å². The van der Waals surface area contributed by atoms with E-state index in [-0.39, 0.29) is 17.4 Å². The normalized spacial score (nSPS) is 13.9. The number of nitrogens with two attached hydrogens (primary N) is 1. The molecule has 0 unspecified atom stereocenters. The molecule has 84 valence electrons. The van der Waals surface area contributed by atoms with Crippen molar-refractivity contribution in [2.45, 2.75) is 36.5 Å². The fraction of sp³-hybridized carbons (Fsp3) is 0.500. The van der Waals surface area contributed by atoms with Gasteiger partial charge in [-0.1, -0.05) is 39.0 Å². The van der Waals surface area contributed by atoms with Crippen molar-refractivity contribution in [2.24, 2.45) is 5.73 Å². The fourth-order valence-electron chi connectivity index (χ4n) is 1.31. The maximum absolute atomic E-state index is 9.08. The van der Waals surface area contributed by atoms with Gasteiger partial charge in [-0.2, -0.15) is 0 Å². The molecule has 0 saturated heterocycles. The predicted molar refractivity (Wildman–Crippen MR) is 66.1 cm³/mol. The summed E-state index contributed by atoms with van der Waals surface area (Å²) in [4.78, 5) is 1.16. The highest BCUT2D eigenvalue weighted by atomic mass is 32.2. The van der Waals surface area contributed by atoms with E-state index in [9.17, 15) is 0 Å². The molecular weight excluding hydrogens is 206 g/mol. The summed E-state index contributed by atoms with van der Waals surface area (Å²) in [6, 6.07) is 7.71. The zero-order valence-electron chi connectivity index (χ0n) is 9.53. The van der Waals surface area contributed by atoms with Crippen molar-refractivity contribution in [3.8, 4) is 0 Å². The van der Waals surface area contributed by atoms with E-state index in [1.807, 2.05) is 18.2 Å². The molecule has 0 aliphatic rings. The second kappa shape index (κ2) is 5.01. The van der Waals surface area contributed by atoms with Gasteiger partial charge in [0.2, 0.25) is 0 Å². The second-order valence-electron chi connectivity index (χ2n) is 4.54. The third kappa shape index (κ3) is 3.86. The van der Waals surface area contributed by atoms with Crippen molar-refractivity contribution in [1.29, 1.82) is 0 Å². The molecule has 0 spiro atoms. The first-order valence-electron chi connectivity index (χ1n) is 5.08. The maximum atomic E-state index is 9.08. The Morgan fingerprint density at radius 2 is 1.93 bits per heavy atom. The van der Waals surface area contributed by atoms with Crippen LogP contribution in [-0.2, 0) is 0 Å². The van der Waals surface area contributed by atoms with Crippen molar-refractivity contribution in [3.05, 3.63) is 29.8 Å². The summed E-state index contributed by atoms with van der Waals surface area (Å²) in [6.07, 6.45) is 0. The molecule has 1 aromatic carbocycles. The summed E-state index contributed by atoms with van der Waals surface area (Å²) < 4.78 is 0.158. The van der Waals surface area contributed by atoms with Gasteiger partial charge in [0.1, 0.15) is 0 Å². The average Bonchev–Trinajstić information content (AvgIpc) is 2.15. The number of aliphatic hydroxyl groups excluding tert-OH is 1. The van der Waals surface area contributed by atoms with Gasteiger partial charge in [0.15, 0.2) is 0 Å². The van der Waals surface area contributed by atoms with E-state index >= 15 is 0 Å². The quantitative estimate of drug-likeness (QED) is 0.777. The first-order valence-corrected chi connectivity index (χ1v) is 5.90. The van der Waals surface area contributed by atoms with Crippen LogP contribution in [0.5, 0.6) is 0 Å². The van der Waals surface area contributed by atoms with Crippen LogP contribution in [0.15, 0.2) is 29.2 Å². The highest BCUT2D eigenvalue weighted by Crippen LogP contribution is 2.35. The Bertz CT molecular complexity index is 320. The highest BCUT2D eigenvalue weighted by Gasteiger charge is 2.16. The van der Waals surface area contributed by atoms with Crippen LogP contribution in [-0.4, -0.2) is 16.5 Å². The van der Waals surface area contributed by atoms with Crippen LogP contribution in [0.25, 0.3) is 0 Å². The molecule has 0 aliphatic heterocycles. The maximum Gasteiger partial charge on any atom is 0.0624 e. The summed E-state index contributed by atoms with van der Waals surface area (Å²) in [6.45, 7) is 6.48. The molecule has 2 nitrogen and oxygen atoms in total. The van der Waals surface area contributed by atoms with Gasteiger partial charge in [-0.15, -0.1) is 11.8 Å². The Hall–Kier alpha value is -0.510. The zero-order valence-corrected chi connectivity index (χ0v) is 10.3. The van der Waals surface area contributed by atoms with E-state index < -0.39 is 0 Å². The van der Waals surface area contributed by atoms with Crippen LogP contribution in [0, 0.1) is 0 Å². The molecule has 0 saturated carbocycles. The molecular formula is C12H19NOS. The Morgan fingerprint density at radius 1 is 1.33 bits per heavy atom. The lowest BCUT2D eigenvalue weighted by atomic mass is 10.1. The van der Waals surface area contributed by atoms with Gasteiger partial charge in [-0.25, -0.2) is 0 Å². The van der Waals surface area contributed by atoms with Crippen LogP contribution in [0.4, 0.5) is 0 Å². The summed E-state index contributed by atoms with van der Waals surface area (Å²) in [5, 5.41) is 9.08. The third-order valence-corrected chi connectivity index (χ3v) is 3.14. The molecule has 3 heteroatoms. The number of thioether (sulfide) groups is 1. The standard InChI is InChI=1S/C12H19NOS/c1-12(2,3)15-11-7-5-4-6-9(11)10(13)8-14/h4-7,10,14H,8,13H2,1-3H3/t10-/m0/s1. The molecule has 0 radical (unpaired) electrons. The molecule has 0 heterocycles. The molecule has 15 heavy (non-hydrogen) atoms. The van der Waals surface area contributed by atoms with Crippen molar-refractivity contribution in [3.63, 3.8) is 0 Å². The van der Waals surface area contributed by atoms with E-state index in [1.54, 1.807) is 11.8 Å². The predicted octanol–water partition coefficient (Wildman–Crippen LogP) is 2.57. The van der Waals surface area contributed by atoms with E-state index in [4.69, 9.17) is 10.8 Å². The topological polar surface area (TPSA) is 46.2 Å². The van der Waals surface area contributed by atoms with Crippen molar-refractivity contribution >= 4 is 11.8 Å². The minimum absolute atomic E-state index is 0.0122. The molecule has 0 fully saturated rings. The van der Waals surface area contributed by atoms with E-state index in [2.05, 4.69) is 26.8 Å². The van der Waals surface area contributed by atoms with Crippen LogP contribution in [0.1, 0.15) is 32.4 Å². The molecule has 0 aromatic heterocycles. The molecule has 0 bridgehead atoms. The van der Waals surface area contributed by atoms with Gasteiger partial charge in [-0.05, 0) is 11.6 Å². The van der Waals surface area contributed by atoms with Gasteiger partial charge in [0.05, 0.1) is 12.6 Å². The van der Waals surface area contributed by atoms with Gasteiger partial charge in [-0.3, -0.25) is 0 Å². The van der Waals surface area contributed by atoms with Gasteiger partial charge in [0.25, 0.3) is 0 Å². The molecule has 0 amide bonds. The van der Waals surface area contributed by atoms with Crippen molar-refractivity contribution in [2.75, 3.05) is 6.61 Å². The lowest BCUT2D eigenvalue weighted by molar-refractivity contribution is 0.266. The summed E-state index contributed by atoms with van der Waals surface area (Å²) >= 11 is 1.78. The average molecular weight is 225 g/mol. The first-order chi connectivity index (χ1) is 6.94. The van der Waals surface area contributed by atoms with Gasteiger partial charge >= 0.3 is 0 Å². The number of rotatable bonds is 3. The fourth-order valence-corrected chi connectivity index (χ4v) is 2.45. The molecule has 0 aliphatic carbocycles. The summed E-state index contributed by atoms with van der Waals surface area (Å²) in [7, 11) is 0. The minimum atomic E-state index is -0.281. The second-order valence-corrected chi connectivity index (χ2v) is 6.41. The Labute approximate surface area is 95.9 Å². The largest absolute Gasteiger partial charge is 0.394 e.